The average molecular weight is 483 g/mol. The molecule has 3 rings (SSSR count). The number of carbonyl (C=O) groups is 3. The van der Waals surface area contributed by atoms with E-state index in [1.165, 1.54) is 18.2 Å². The Morgan fingerprint density at radius 2 is 1.84 bits per heavy atom. The van der Waals surface area contributed by atoms with Gasteiger partial charge in [-0.25, -0.2) is 13.2 Å². The number of hydrogen-bond donors (Lipinski definition) is 1. The standard InChI is InChI=1S/C22H30N2O6S2/c1-24(17-7-3-2-4-8-17)21(26)14-31-19-10-6-5-9-18(19)22(27)30-13-20(25)23-16-11-12-32(28,29)15-16/h5-6,9-10,16-17H,2-4,7-8,11-15H2,1H3,(H,23,25). The predicted octanol–water partition coefficient (Wildman–Crippen LogP) is 2.03. The summed E-state index contributed by atoms with van der Waals surface area (Å²) in [6.45, 7) is -0.488. The lowest BCUT2D eigenvalue weighted by Gasteiger charge is -2.31. The van der Waals surface area contributed by atoms with Crippen molar-refractivity contribution < 1.29 is 27.5 Å². The first-order valence-corrected chi connectivity index (χ1v) is 13.7. The number of ether oxygens (including phenoxy) is 1. The predicted molar refractivity (Wildman–Crippen MR) is 122 cm³/mol. The van der Waals surface area contributed by atoms with Gasteiger partial charge in [0, 0.05) is 24.0 Å². The Balaban J connectivity index is 1.49. The highest BCUT2D eigenvalue weighted by molar-refractivity contribution is 8.00. The van der Waals surface area contributed by atoms with Gasteiger partial charge in [0.15, 0.2) is 16.4 Å². The van der Waals surface area contributed by atoms with E-state index in [9.17, 15) is 22.8 Å². The molecule has 0 spiro atoms. The number of amides is 2. The summed E-state index contributed by atoms with van der Waals surface area (Å²) in [5.74, 6) is -0.985. The van der Waals surface area contributed by atoms with Gasteiger partial charge in [-0.15, -0.1) is 11.8 Å². The van der Waals surface area contributed by atoms with E-state index in [1.807, 2.05) is 11.9 Å². The zero-order valence-corrected chi connectivity index (χ0v) is 19.9. The topological polar surface area (TPSA) is 110 Å². The summed E-state index contributed by atoms with van der Waals surface area (Å²) in [4.78, 5) is 39.6. The number of sulfone groups is 1. The van der Waals surface area contributed by atoms with Crippen LogP contribution < -0.4 is 5.32 Å². The molecule has 0 aromatic heterocycles. The van der Waals surface area contributed by atoms with Gasteiger partial charge in [0.2, 0.25) is 5.91 Å². The van der Waals surface area contributed by atoms with Crippen molar-refractivity contribution in [3.05, 3.63) is 29.8 Å². The fraction of sp³-hybridized carbons (Fsp3) is 0.591. The Hall–Kier alpha value is -2.07. The number of carbonyl (C=O) groups excluding carboxylic acids is 3. The molecule has 2 fully saturated rings. The Morgan fingerprint density at radius 3 is 2.53 bits per heavy atom. The molecule has 10 heteroatoms. The summed E-state index contributed by atoms with van der Waals surface area (Å²) >= 11 is 1.28. The van der Waals surface area contributed by atoms with Gasteiger partial charge in [0.1, 0.15) is 0 Å². The number of hydrogen-bond acceptors (Lipinski definition) is 7. The lowest BCUT2D eigenvalue weighted by molar-refractivity contribution is -0.129. The molecule has 176 valence electrons. The summed E-state index contributed by atoms with van der Waals surface area (Å²) in [7, 11) is -1.26. The van der Waals surface area contributed by atoms with Crippen molar-refractivity contribution >= 4 is 39.4 Å². The summed E-state index contributed by atoms with van der Waals surface area (Å²) in [5.41, 5.74) is 0.293. The molecule has 1 saturated heterocycles. The molecule has 8 nitrogen and oxygen atoms in total. The largest absolute Gasteiger partial charge is 0.452 e. The fourth-order valence-electron chi connectivity index (χ4n) is 4.06. The van der Waals surface area contributed by atoms with Crippen molar-refractivity contribution in [2.45, 2.75) is 55.5 Å². The minimum Gasteiger partial charge on any atom is -0.452 e. The van der Waals surface area contributed by atoms with E-state index in [-0.39, 0.29) is 29.2 Å². The molecular weight excluding hydrogens is 452 g/mol. The number of nitrogens with zero attached hydrogens (tertiary/aromatic N) is 1. The number of esters is 1. The van der Waals surface area contributed by atoms with Crippen LogP contribution in [0.4, 0.5) is 0 Å². The molecule has 1 heterocycles. The summed E-state index contributed by atoms with van der Waals surface area (Å²) in [6, 6.07) is 6.66. The zero-order chi connectivity index (χ0) is 23.1. The third-order valence-electron chi connectivity index (χ3n) is 5.91. The van der Waals surface area contributed by atoms with E-state index < -0.39 is 34.4 Å². The number of nitrogens with one attached hydrogen (secondary N) is 1. The Kier molecular flexibility index (Phi) is 8.58. The minimum absolute atomic E-state index is 0.0240. The molecule has 1 unspecified atom stereocenters. The molecular formula is C22H30N2O6S2. The van der Waals surface area contributed by atoms with Crippen LogP contribution in [0, 0.1) is 0 Å². The van der Waals surface area contributed by atoms with Gasteiger partial charge in [0.05, 0.1) is 22.8 Å². The van der Waals surface area contributed by atoms with Crippen molar-refractivity contribution in [2.75, 3.05) is 30.9 Å². The van der Waals surface area contributed by atoms with Crippen molar-refractivity contribution in [2.24, 2.45) is 0 Å². The average Bonchev–Trinajstić information content (AvgIpc) is 3.13. The van der Waals surface area contributed by atoms with Crippen LogP contribution in [-0.2, 0) is 24.2 Å². The first-order chi connectivity index (χ1) is 15.2. The second-order valence-electron chi connectivity index (χ2n) is 8.32. The van der Waals surface area contributed by atoms with Crippen molar-refractivity contribution in [3.8, 4) is 0 Å². The quantitative estimate of drug-likeness (QED) is 0.446. The summed E-state index contributed by atoms with van der Waals surface area (Å²) < 4.78 is 28.1. The van der Waals surface area contributed by atoms with Crippen LogP contribution in [-0.4, -0.2) is 74.1 Å². The van der Waals surface area contributed by atoms with E-state index in [2.05, 4.69) is 5.32 Å². The maximum Gasteiger partial charge on any atom is 0.339 e. The molecule has 1 N–H and O–H groups in total. The number of thioether (sulfide) groups is 1. The van der Waals surface area contributed by atoms with E-state index in [4.69, 9.17) is 4.74 Å². The monoisotopic (exact) mass is 482 g/mol. The van der Waals surface area contributed by atoms with Crippen LogP contribution >= 0.6 is 11.8 Å². The van der Waals surface area contributed by atoms with Gasteiger partial charge in [-0.2, -0.15) is 0 Å². The van der Waals surface area contributed by atoms with Gasteiger partial charge >= 0.3 is 5.97 Å². The maximum absolute atomic E-state index is 12.6. The van der Waals surface area contributed by atoms with Crippen LogP contribution in [0.1, 0.15) is 48.9 Å². The summed E-state index contributed by atoms with van der Waals surface area (Å²) in [6.07, 6.45) is 5.95. The Labute approximate surface area is 193 Å². The van der Waals surface area contributed by atoms with E-state index in [0.29, 0.717) is 16.9 Å². The molecule has 1 aliphatic heterocycles. The fourth-order valence-corrected chi connectivity index (χ4v) is 6.70. The van der Waals surface area contributed by atoms with Gasteiger partial charge < -0.3 is 15.0 Å². The van der Waals surface area contributed by atoms with Crippen molar-refractivity contribution in [3.63, 3.8) is 0 Å². The zero-order valence-electron chi connectivity index (χ0n) is 18.2. The van der Waals surface area contributed by atoms with E-state index in [1.54, 1.807) is 24.3 Å². The normalized spacial score (nSPS) is 20.5. The highest BCUT2D eigenvalue weighted by Crippen LogP contribution is 2.26. The molecule has 1 saturated carbocycles. The molecule has 2 aliphatic rings. The molecule has 1 atom stereocenters. The van der Waals surface area contributed by atoms with Gasteiger partial charge in [-0.1, -0.05) is 31.4 Å². The molecule has 1 aromatic carbocycles. The molecule has 0 radical (unpaired) electrons. The van der Waals surface area contributed by atoms with Crippen LogP contribution in [0.2, 0.25) is 0 Å². The number of benzene rings is 1. The third kappa shape index (κ3) is 6.96. The summed E-state index contributed by atoms with van der Waals surface area (Å²) in [5, 5.41) is 2.59. The highest BCUT2D eigenvalue weighted by atomic mass is 32.2. The van der Waals surface area contributed by atoms with E-state index in [0.717, 1.165) is 25.7 Å². The Bertz CT molecular complexity index is 943. The van der Waals surface area contributed by atoms with Gasteiger partial charge in [-0.3, -0.25) is 9.59 Å². The van der Waals surface area contributed by atoms with Gasteiger partial charge in [0.25, 0.3) is 5.91 Å². The van der Waals surface area contributed by atoms with Crippen LogP contribution in [0.25, 0.3) is 0 Å². The molecule has 1 aromatic rings. The molecule has 1 aliphatic carbocycles. The lowest BCUT2D eigenvalue weighted by Crippen LogP contribution is -2.39. The molecule has 2 amide bonds. The lowest BCUT2D eigenvalue weighted by atomic mass is 9.94. The smallest absolute Gasteiger partial charge is 0.339 e. The number of rotatable bonds is 8. The SMILES string of the molecule is CN(C(=O)CSc1ccccc1C(=O)OCC(=O)NC1CCS(=O)(=O)C1)C1CCCCC1. The highest BCUT2D eigenvalue weighted by Gasteiger charge is 2.29. The van der Waals surface area contributed by atoms with Crippen molar-refractivity contribution in [1.82, 2.24) is 10.2 Å². The second-order valence-corrected chi connectivity index (χ2v) is 11.6. The van der Waals surface area contributed by atoms with E-state index >= 15 is 0 Å². The maximum atomic E-state index is 12.6. The molecule has 0 bridgehead atoms. The van der Waals surface area contributed by atoms with Gasteiger partial charge in [-0.05, 0) is 31.4 Å². The third-order valence-corrected chi connectivity index (χ3v) is 8.73. The molecule has 32 heavy (non-hydrogen) atoms. The first kappa shape index (κ1) is 24.6. The minimum atomic E-state index is -3.10. The second kappa shape index (κ2) is 11.2. The van der Waals surface area contributed by atoms with Crippen LogP contribution in [0.15, 0.2) is 29.2 Å². The Morgan fingerprint density at radius 1 is 1.12 bits per heavy atom. The van der Waals surface area contributed by atoms with Crippen molar-refractivity contribution in [1.29, 1.82) is 0 Å². The van der Waals surface area contributed by atoms with Crippen LogP contribution in [0.5, 0.6) is 0 Å². The first-order valence-electron chi connectivity index (χ1n) is 10.9. The van der Waals surface area contributed by atoms with Crippen LogP contribution in [0.3, 0.4) is 0 Å².